The fourth-order valence-corrected chi connectivity index (χ4v) is 8.68. The molecule has 1 N–H and O–H groups in total. The van der Waals surface area contributed by atoms with E-state index < -0.39 is 0 Å². The average molecular weight is 806 g/mol. The number of para-hydroxylation sites is 2. The highest BCUT2D eigenvalue weighted by molar-refractivity contribution is 6.27. The van der Waals surface area contributed by atoms with Gasteiger partial charge in [0.05, 0.1) is 22.2 Å². The number of fused-ring (bicyclic) bond motifs is 7. The molecule has 0 bridgehead atoms. The molecule has 0 amide bonds. The number of nitrogens with one attached hydrogen (secondary N) is 1. The van der Waals surface area contributed by atoms with Crippen molar-refractivity contribution in [2.45, 2.75) is 0 Å². The van der Waals surface area contributed by atoms with Crippen LogP contribution in [0, 0.1) is 5.41 Å². The first-order chi connectivity index (χ1) is 31.2. The highest BCUT2D eigenvalue weighted by atomic mass is 15.0. The number of hydrogen-bond acceptors (Lipinski definition) is 2. The Morgan fingerprint density at radius 1 is 0.460 bits per heavy atom. The van der Waals surface area contributed by atoms with Gasteiger partial charge in [0.2, 0.25) is 0 Å². The lowest BCUT2D eigenvalue weighted by Gasteiger charge is -2.14. The number of benzene rings is 9. The number of aromatic nitrogens is 2. The van der Waals surface area contributed by atoms with Crippen LogP contribution < -0.4 is 0 Å². The molecule has 9 aromatic carbocycles. The summed E-state index contributed by atoms with van der Waals surface area (Å²) in [6, 6.07) is 77.5. The molecule has 11 aromatic rings. The lowest BCUT2D eigenvalue weighted by molar-refractivity contribution is 1.19. The Hall–Kier alpha value is -8.54. The molecule has 0 aliphatic rings. The SMILES string of the molecule is N=C(N=C(N=Cc1ccccc1)c1ccc(-c2ccc3c4ccc5c(-c6ccccc6)nc6ccccc6c5c4n(-c4ccccc4)c3c2)cc1)c1cccc(-c2ccccc2)c1. The molecule has 0 aliphatic carbocycles. The lowest BCUT2D eigenvalue weighted by Crippen LogP contribution is -2.05. The Morgan fingerprint density at radius 2 is 1.05 bits per heavy atom. The normalized spacial score (nSPS) is 11.9. The Labute approximate surface area is 365 Å². The summed E-state index contributed by atoms with van der Waals surface area (Å²) >= 11 is 0. The summed E-state index contributed by atoms with van der Waals surface area (Å²) in [5, 5.41) is 14.9. The van der Waals surface area contributed by atoms with E-state index >= 15 is 0 Å². The summed E-state index contributed by atoms with van der Waals surface area (Å²) in [7, 11) is 0. The van der Waals surface area contributed by atoms with Crippen LogP contribution in [0.15, 0.2) is 234 Å². The standard InChI is InChI=1S/C58H39N5/c59-57(46-23-15-22-44(36-46)40-18-7-2-8-19-40)62-58(60-38-39-16-5-1-6-17-39)43-30-28-41(29-31-43)45-32-33-48-49-34-35-51-54(56(49)63(53(48)37-45)47-24-11-4-12-25-47)50-26-13-14-27-52(50)61-55(51)42-20-9-3-10-21-42/h1-38,59H. The molecule has 0 fully saturated rings. The van der Waals surface area contributed by atoms with Crippen LogP contribution in [0.1, 0.15) is 16.7 Å². The van der Waals surface area contributed by atoms with Crippen molar-refractivity contribution in [3.63, 3.8) is 0 Å². The number of aliphatic imine (C=N–C) groups is 2. The number of amidine groups is 2. The monoisotopic (exact) mass is 805 g/mol. The van der Waals surface area contributed by atoms with Crippen LogP contribution in [-0.4, -0.2) is 27.4 Å². The molecule has 5 nitrogen and oxygen atoms in total. The molecular weight excluding hydrogens is 767 g/mol. The van der Waals surface area contributed by atoms with E-state index in [1.807, 2.05) is 72.9 Å². The predicted octanol–water partition coefficient (Wildman–Crippen LogP) is 14.4. The van der Waals surface area contributed by atoms with E-state index in [4.69, 9.17) is 20.4 Å². The van der Waals surface area contributed by atoms with Crippen LogP contribution in [0.25, 0.3) is 82.7 Å². The van der Waals surface area contributed by atoms with Gasteiger partial charge in [-0.1, -0.05) is 194 Å². The molecule has 0 spiro atoms. The highest BCUT2D eigenvalue weighted by Gasteiger charge is 2.20. The molecule has 0 saturated heterocycles. The third-order valence-corrected chi connectivity index (χ3v) is 11.7. The number of pyridine rings is 1. The minimum atomic E-state index is 0.142. The quantitative estimate of drug-likeness (QED) is 0.0973. The number of nitrogens with zero attached hydrogens (tertiary/aromatic N) is 4. The van der Waals surface area contributed by atoms with E-state index in [1.165, 1.54) is 16.2 Å². The van der Waals surface area contributed by atoms with Gasteiger partial charge in [-0.25, -0.2) is 15.0 Å². The third-order valence-electron chi connectivity index (χ3n) is 11.7. The maximum absolute atomic E-state index is 9.13. The van der Waals surface area contributed by atoms with Crippen LogP contribution in [0.3, 0.4) is 0 Å². The molecule has 2 heterocycles. The average Bonchev–Trinajstić information content (AvgIpc) is 3.70. The van der Waals surface area contributed by atoms with Gasteiger partial charge < -0.3 is 4.57 Å². The van der Waals surface area contributed by atoms with Gasteiger partial charge in [0.15, 0.2) is 11.7 Å². The topological polar surface area (TPSA) is 66.4 Å². The van der Waals surface area contributed by atoms with E-state index in [1.54, 1.807) is 0 Å². The summed E-state index contributed by atoms with van der Waals surface area (Å²) in [5.74, 6) is 0.604. The molecule has 0 radical (unpaired) electrons. The molecule has 296 valence electrons. The molecule has 2 aromatic heterocycles. The maximum Gasteiger partial charge on any atom is 0.161 e. The zero-order valence-electron chi connectivity index (χ0n) is 34.2. The van der Waals surface area contributed by atoms with Gasteiger partial charge in [-0.3, -0.25) is 5.41 Å². The van der Waals surface area contributed by atoms with Gasteiger partial charge in [0.25, 0.3) is 0 Å². The van der Waals surface area contributed by atoms with Crippen molar-refractivity contribution in [1.82, 2.24) is 9.55 Å². The van der Waals surface area contributed by atoms with Crippen molar-refractivity contribution in [1.29, 1.82) is 5.41 Å². The molecular formula is C58H39N5. The van der Waals surface area contributed by atoms with Crippen LogP contribution in [0.4, 0.5) is 0 Å². The Balaban J connectivity index is 1.04. The van der Waals surface area contributed by atoms with Gasteiger partial charge in [0.1, 0.15) is 0 Å². The second-order valence-corrected chi connectivity index (χ2v) is 15.6. The van der Waals surface area contributed by atoms with Crippen LogP contribution in [0.5, 0.6) is 0 Å². The first kappa shape index (κ1) is 37.5. The zero-order valence-corrected chi connectivity index (χ0v) is 34.2. The van der Waals surface area contributed by atoms with E-state index in [2.05, 4.69) is 162 Å². The van der Waals surface area contributed by atoms with Crippen molar-refractivity contribution < 1.29 is 0 Å². The van der Waals surface area contributed by atoms with Crippen molar-refractivity contribution in [2.75, 3.05) is 0 Å². The Kier molecular flexibility index (Phi) is 9.60. The second-order valence-electron chi connectivity index (χ2n) is 15.6. The fourth-order valence-electron chi connectivity index (χ4n) is 8.68. The van der Waals surface area contributed by atoms with Gasteiger partial charge >= 0.3 is 0 Å². The Bertz CT molecular complexity index is 3540. The summed E-state index contributed by atoms with van der Waals surface area (Å²) < 4.78 is 2.42. The largest absolute Gasteiger partial charge is 0.309 e. The Morgan fingerprint density at radius 3 is 1.81 bits per heavy atom. The summed E-state index contributed by atoms with van der Waals surface area (Å²) in [6.45, 7) is 0. The highest BCUT2D eigenvalue weighted by Crippen LogP contribution is 2.43. The van der Waals surface area contributed by atoms with Gasteiger partial charge in [-0.2, -0.15) is 0 Å². The van der Waals surface area contributed by atoms with E-state index in [9.17, 15) is 0 Å². The van der Waals surface area contributed by atoms with E-state index in [0.717, 1.165) is 83.2 Å². The van der Waals surface area contributed by atoms with Gasteiger partial charge in [-0.15, -0.1) is 0 Å². The first-order valence-electron chi connectivity index (χ1n) is 21.1. The third kappa shape index (κ3) is 7.07. The van der Waals surface area contributed by atoms with Crippen LogP contribution in [0.2, 0.25) is 0 Å². The first-order valence-corrected chi connectivity index (χ1v) is 21.1. The molecule has 0 saturated carbocycles. The summed E-state index contributed by atoms with van der Waals surface area (Å²) in [5.41, 5.74) is 13.2. The zero-order chi connectivity index (χ0) is 42.1. The lowest BCUT2D eigenvalue weighted by atomic mass is 9.97. The van der Waals surface area contributed by atoms with E-state index in [-0.39, 0.29) is 5.84 Å². The molecule has 0 unspecified atom stereocenters. The molecule has 11 rings (SSSR count). The summed E-state index contributed by atoms with van der Waals surface area (Å²) in [6.07, 6.45) is 1.81. The van der Waals surface area contributed by atoms with Crippen molar-refractivity contribution in [3.8, 4) is 39.2 Å². The second kappa shape index (κ2) is 16.1. The molecule has 5 heteroatoms. The molecule has 0 atom stereocenters. The van der Waals surface area contributed by atoms with Crippen molar-refractivity contribution in [2.24, 2.45) is 9.98 Å². The fraction of sp³-hybridized carbons (Fsp3) is 0. The van der Waals surface area contributed by atoms with Gasteiger partial charge in [-0.05, 0) is 58.1 Å². The summed E-state index contributed by atoms with van der Waals surface area (Å²) in [4.78, 5) is 15.0. The van der Waals surface area contributed by atoms with Crippen LogP contribution >= 0.6 is 0 Å². The van der Waals surface area contributed by atoms with Crippen LogP contribution in [-0.2, 0) is 0 Å². The minimum absolute atomic E-state index is 0.142. The smallest absolute Gasteiger partial charge is 0.161 e. The minimum Gasteiger partial charge on any atom is -0.309 e. The number of rotatable bonds is 7. The van der Waals surface area contributed by atoms with Crippen molar-refractivity contribution in [3.05, 3.63) is 241 Å². The van der Waals surface area contributed by atoms with Gasteiger partial charge in [0, 0.05) is 55.5 Å². The molecule has 0 aliphatic heterocycles. The van der Waals surface area contributed by atoms with Crippen molar-refractivity contribution >= 4 is 61.4 Å². The predicted molar refractivity (Wildman–Crippen MR) is 264 cm³/mol. The number of hydrogen-bond donors (Lipinski definition) is 1. The van der Waals surface area contributed by atoms with E-state index in [0.29, 0.717) is 5.84 Å². The molecule has 63 heavy (non-hydrogen) atoms. The maximum atomic E-state index is 9.13.